The number of carbonyl (C=O) groups is 1. The van der Waals surface area contributed by atoms with Crippen LogP contribution in [0.15, 0.2) is 60.7 Å². The normalized spacial score (nSPS) is 17.5. The van der Waals surface area contributed by atoms with Gasteiger partial charge in [-0.3, -0.25) is 9.69 Å². The van der Waals surface area contributed by atoms with Crippen molar-refractivity contribution in [1.29, 1.82) is 0 Å². The first kappa shape index (κ1) is 16.9. The van der Waals surface area contributed by atoms with E-state index < -0.39 is 0 Å². The smallest absolute Gasteiger partial charge is 0.166 e. The molecule has 0 N–H and O–H groups in total. The molecule has 1 aliphatic rings. The molecule has 1 aliphatic heterocycles. The predicted octanol–water partition coefficient (Wildman–Crippen LogP) is 3.32. The SMILES string of the molecule is CC(CN1CCN(Cc2ccccc2)CC1)C(=O)c1ccccc1. The zero-order chi connectivity index (χ0) is 16.8. The Morgan fingerprint density at radius 1 is 0.875 bits per heavy atom. The summed E-state index contributed by atoms with van der Waals surface area (Å²) in [5, 5.41) is 0. The Morgan fingerprint density at radius 2 is 1.42 bits per heavy atom. The quantitative estimate of drug-likeness (QED) is 0.762. The Hall–Kier alpha value is -1.97. The molecule has 2 aromatic carbocycles. The number of nitrogens with zero attached hydrogens (tertiary/aromatic N) is 2. The van der Waals surface area contributed by atoms with Crippen molar-refractivity contribution in [2.75, 3.05) is 32.7 Å². The third-order valence-electron chi connectivity index (χ3n) is 4.75. The van der Waals surface area contributed by atoms with Gasteiger partial charge < -0.3 is 4.90 Å². The van der Waals surface area contributed by atoms with Gasteiger partial charge in [-0.05, 0) is 5.56 Å². The summed E-state index contributed by atoms with van der Waals surface area (Å²) in [5.74, 6) is 0.301. The fourth-order valence-electron chi connectivity index (χ4n) is 3.33. The molecule has 126 valence electrons. The second-order valence-corrected chi connectivity index (χ2v) is 6.69. The maximum Gasteiger partial charge on any atom is 0.166 e. The topological polar surface area (TPSA) is 23.6 Å². The van der Waals surface area contributed by atoms with Crippen LogP contribution in [0.1, 0.15) is 22.8 Å². The summed E-state index contributed by atoms with van der Waals surface area (Å²) in [6.07, 6.45) is 0. The Kier molecular flexibility index (Phi) is 5.78. The molecule has 0 radical (unpaired) electrons. The van der Waals surface area contributed by atoms with E-state index in [4.69, 9.17) is 0 Å². The van der Waals surface area contributed by atoms with E-state index in [2.05, 4.69) is 40.1 Å². The highest BCUT2D eigenvalue weighted by atomic mass is 16.1. The van der Waals surface area contributed by atoms with Gasteiger partial charge in [0.15, 0.2) is 5.78 Å². The molecule has 3 heteroatoms. The molecule has 1 fully saturated rings. The van der Waals surface area contributed by atoms with E-state index in [1.165, 1.54) is 5.56 Å². The first-order chi connectivity index (χ1) is 11.7. The lowest BCUT2D eigenvalue weighted by Gasteiger charge is -2.35. The van der Waals surface area contributed by atoms with Crippen LogP contribution in [-0.2, 0) is 6.54 Å². The number of rotatable bonds is 6. The van der Waals surface area contributed by atoms with Gasteiger partial charge in [-0.1, -0.05) is 67.6 Å². The van der Waals surface area contributed by atoms with Crippen LogP contribution in [0.3, 0.4) is 0 Å². The van der Waals surface area contributed by atoms with Gasteiger partial charge in [0.25, 0.3) is 0 Å². The average molecular weight is 322 g/mol. The van der Waals surface area contributed by atoms with Crippen molar-refractivity contribution in [3.05, 3.63) is 71.8 Å². The zero-order valence-corrected chi connectivity index (χ0v) is 14.4. The summed E-state index contributed by atoms with van der Waals surface area (Å²) in [6.45, 7) is 8.15. The van der Waals surface area contributed by atoms with E-state index in [1.54, 1.807) is 0 Å². The molecule has 1 atom stereocenters. The fourth-order valence-corrected chi connectivity index (χ4v) is 3.33. The highest BCUT2D eigenvalue weighted by Crippen LogP contribution is 2.13. The third-order valence-corrected chi connectivity index (χ3v) is 4.75. The van der Waals surface area contributed by atoms with Crippen molar-refractivity contribution >= 4 is 5.78 Å². The lowest BCUT2D eigenvalue weighted by atomic mass is 9.98. The van der Waals surface area contributed by atoms with Gasteiger partial charge in [0.1, 0.15) is 0 Å². The molecule has 0 bridgehead atoms. The van der Waals surface area contributed by atoms with Crippen LogP contribution in [0.5, 0.6) is 0 Å². The molecule has 1 saturated heterocycles. The van der Waals surface area contributed by atoms with E-state index in [-0.39, 0.29) is 11.7 Å². The second kappa shape index (κ2) is 8.22. The molecule has 3 nitrogen and oxygen atoms in total. The summed E-state index contributed by atoms with van der Waals surface area (Å²) in [6, 6.07) is 20.3. The Labute approximate surface area is 144 Å². The monoisotopic (exact) mass is 322 g/mol. The third kappa shape index (κ3) is 4.53. The van der Waals surface area contributed by atoms with Gasteiger partial charge in [-0.25, -0.2) is 0 Å². The molecule has 0 aliphatic carbocycles. The first-order valence-corrected chi connectivity index (χ1v) is 8.80. The highest BCUT2D eigenvalue weighted by Gasteiger charge is 2.22. The number of hydrogen-bond donors (Lipinski definition) is 0. The highest BCUT2D eigenvalue weighted by molar-refractivity contribution is 5.97. The van der Waals surface area contributed by atoms with E-state index in [9.17, 15) is 4.79 Å². The number of hydrogen-bond acceptors (Lipinski definition) is 3. The molecule has 1 unspecified atom stereocenters. The van der Waals surface area contributed by atoms with Crippen LogP contribution < -0.4 is 0 Å². The fraction of sp³-hybridized carbons (Fsp3) is 0.381. The summed E-state index contributed by atoms with van der Waals surface area (Å²) in [5.41, 5.74) is 2.20. The van der Waals surface area contributed by atoms with E-state index in [1.807, 2.05) is 37.3 Å². The molecular weight excluding hydrogens is 296 g/mol. The molecule has 0 aromatic heterocycles. The van der Waals surface area contributed by atoms with Gasteiger partial charge in [-0.15, -0.1) is 0 Å². The van der Waals surface area contributed by atoms with Crippen LogP contribution in [0.25, 0.3) is 0 Å². The van der Waals surface area contributed by atoms with Gasteiger partial charge in [-0.2, -0.15) is 0 Å². The second-order valence-electron chi connectivity index (χ2n) is 6.69. The maximum absolute atomic E-state index is 12.5. The van der Waals surface area contributed by atoms with Crippen molar-refractivity contribution < 1.29 is 4.79 Å². The predicted molar refractivity (Wildman–Crippen MR) is 98.1 cm³/mol. The molecule has 0 spiro atoms. The molecule has 3 rings (SSSR count). The number of Topliss-reactive ketones (excluding diaryl/α,β-unsaturated/α-hetero) is 1. The summed E-state index contributed by atoms with van der Waals surface area (Å²) in [7, 11) is 0. The van der Waals surface area contributed by atoms with Crippen molar-refractivity contribution in [3.63, 3.8) is 0 Å². The lowest BCUT2D eigenvalue weighted by molar-refractivity contribution is 0.0826. The summed E-state index contributed by atoms with van der Waals surface area (Å²) in [4.78, 5) is 17.4. The van der Waals surface area contributed by atoms with Crippen LogP contribution in [-0.4, -0.2) is 48.3 Å². The molecule has 24 heavy (non-hydrogen) atoms. The zero-order valence-electron chi connectivity index (χ0n) is 14.4. The average Bonchev–Trinajstić information content (AvgIpc) is 2.64. The van der Waals surface area contributed by atoms with E-state index in [0.29, 0.717) is 0 Å². The number of carbonyl (C=O) groups excluding carboxylic acids is 1. The Bertz CT molecular complexity index is 633. The van der Waals surface area contributed by atoms with Gasteiger partial charge in [0.2, 0.25) is 0 Å². The first-order valence-electron chi connectivity index (χ1n) is 8.80. The molecule has 0 amide bonds. The number of ketones is 1. The number of piperazine rings is 1. The van der Waals surface area contributed by atoms with Crippen LogP contribution in [0, 0.1) is 5.92 Å². The van der Waals surface area contributed by atoms with Crippen molar-refractivity contribution in [2.45, 2.75) is 13.5 Å². The molecule has 2 aromatic rings. The van der Waals surface area contributed by atoms with Crippen molar-refractivity contribution in [1.82, 2.24) is 9.80 Å². The summed E-state index contributed by atoms with van der Waals surface area (Å²) >= 11 is 0. The molecule has 0 saturated carbocycles. The Morgan fingerprint density at radius 3 is 2.04 bits per heavy atom. The van der Waals surface area contributed by atoms with Gasteiger partial charge >= 0.3 is 0 Å². The summed E-state index contributed by atoms with van der Waals surface area (Å²) < 4.78 is 0. The minimum Gasteiger partial charge on any atom is -0.300 e. The maximum atomic E-state index is 12.5. The molecular formula is C21H26N2O. The number of benzene rings is 2. The standard InChI is InChI=1S/C21H26N2O/c1-18(21(24)20-10-6-3-7-11-20)16-22-12-14-23(15-13-22)17-19-8-4-2-5-9-19/h2-11,18H,12-17H2,1H3. The van der Waals surface area contributed by atoms with Crippen molar-refractivity contribution in [3.8, 4) is 0 Å². The minimum atomic E-state index is 0.0491. The lowest BCUT2D eigenvalue weighted by Crippen LogP contribution is -2.47. The van der Waals surface area contributed by atoms with Crippen LogP contribution >= 0.6 is 0 Å². The molecule has 1 heterocycles. The van der Waals surface area contributed by atoms with E-state index >= 15 is 0 Å². The van der Waals surface area contributed by atoms with Crippen LogP contribution in [0.4, 0.5) is 0 Å². The van der Waals surface area contributed by atoms with Crippen LogP contribution in [0.2, 0.25) is 0 Å². The van der Waals surface area contributed by atoms with E-state index in [0.717, 1.165) is 44.8 Å². The minimum absolute atomic E-state index is 0.0491. The van der Waals surface area contributed by atoms with Gasteiger partial charge in [0, 0.05) is 50.7 Å². The van der Waals surface area contributed by atoms with Crippen molar-refractivity contribution in [2.24, 2.45) is 5.92 Å². The van der Waals surface area contributed by atoms with Gasteiger partial charge in [0.05, 0.1) is 0 Å². The Balaban J connectivity index is 1.46. The largest absolute Gasteiger partial charge is 0.300 e.